The molecule has 1 aliphatic rings. The van der Waals surface area contributed by atoms with Gasteiger partial charge in [0.15, 0.2) is 0 Å². The van der Waals surface area contributed by atoms with Gasteiger partial charge in [-0.15, -0.1) is 4.91 Å². The Morgan fingerprint density at radius 1 is 1.50 bits per heavy atom. The third kappa shape index (κ3) is 3.22. The van der Waals surface area contributed by atoms with E-state index in [2.05, 4.69) is 15.8 Å². The first-order valence-corrected chi connectivity index (χ1v) is 7.13. The van der Waals surface area contributed by atoms with E-state index in [9.17, 15) is 18.1 Å². The molecule has 9 nitrogen and oxygen atoms in total. The van der Waals surface area contributed by atoms with Crippen LogP contribution in [0.15, 0.2) is 28.3 Å². The highest BCUT2D eigenvalue weighted by atomic mass is 32.2. The second-order valence-electron chi connectivity index (χ2n) is 4.10. The monoisotopic (exact) mass is 300 g/mol. The number of cyclic esters (lactones) is 1. The molecule has 1 unspecified atom stereocenters. The Labute approximate surface area is 114 Å². The average Bonchev–Trinajstić information content (AvgIpc) is 2.81. The topological polar surface area (TPSA) is 140 Å². The number of nitrogens with two attached hydrogens (primary N) is 1. The number of hydrogen-bond donors (Lipinski definition) is 3. The van der Waals surface area contributed by atoms with Gasteiger partial charge in [-0.05, 0) is 23.4 Å². The van der Waals surface area contributed by atoms with Gasteiger partial charge in [0, 0.05) is 0 Å². The van der Waals surface area contributed by atoms with Crippen LogP contribution in [-0.2, 0) is 14.8 Å². The fraction of sp³-hybridized carbons (Fsp3) is 0.300. The second-order valence-corrected chi connectivity index (χ2v) is 5.67. The zero-order chi connectivity index (χ0) is 14.8. The Kier molecular flexibility index (Phi) is 3.86. The highest BCUT2D eigenvalue weighted by molar-refractivity contribution is 7.89. The number of nitrogens with one attached hydrogen (secondary N) is 2. The number of rotatable bonds is 5. The molecular formula is C10H12N4O5S. The van der Waals surface area contributed by atoms with Crippen molar-refractivity contribution in [2.45, 2.75) is 11.0 Å². The second kappa shape index (κ2) is 5.43. The molecule has 0 bridgehead atoms. The molecular weight excluding hydrogens is 288 g/mol. The first kappa shape index (κ1) is 14.2. The maximum absolute atomic E-state index is 11.2. The number of carbonyl (C=O) groups is 1. The van der Waals surface area contributed by atoms with Crippen LogP contribution in [0.2, 0.25) is 0 Å². The lowest BCUT2D eigenvalue weighted by atomic mass is 10.2. The van der Waals surface area contributed by atoms with Crippen molar-refractivity contribution >= 4 is 27.5 Å². The molecule has 1 aromatic rings. The summed E-state index contributed by atoms with van der Waals surface area (Å²) in [6, 6.07) is 3.70. The molecule has 0 radical (unpaired) electrons. The normalized spacial score (nSPS) is 18.2. The van der Waals surface area contributed by atoms with Crippen molar-refractivity contribution in [3.63, 3.8) is 0 Å². The Morgan fingerprint density at radius 2 is 2.25 bits per heavy atom. The Bertz CT molecular complexity index is 645. The Morgan fingerprint density at radius 3 is 2.80 bits per heavy atom. The summed E-state index contributed by atoms with van der Waals surface area (Å²) in [4.78, 5) is 21.4. The van der Waals surface area contributed by atoms with E-state index in [1.165, 1.54) is 12.1 Å². The van der Waals surface area contributed by atoms with Gasteiger partial charge < -0.3 is 15.4 Å². The molecule has 4 N–H and O–H groups in total. The fourth-order valence-corrected chi connectivity index (χ4v) is 2.22. The van der Waals surface area contributed by atoms with Gasteiger partial charge in [-0.2, -0.15) is 0 Å². The number of anilines is 1. The zero-order valence-corrected chi connectivity index (χ0v) is 11.0. The first-order valence-electron chi connectivity index (χ1n) is 5.58. The molecule has 1 atom stereocenters. The van der Waals surface area contributed by atoms with Crippen LogP contribution in [0.1, 0.15) is 0 Å². The van der Waals surface area contributed by atoms with Crippen molar-refractivity contribution < 1.29 is 17.9 Å². The van der Waals surface area contributed by atoms with Crippen LogP contribution in [-0.4, -0.2) is 33.7 Å². The van der Waals surface area contributed by atoms with Crippen molar-refractivity contribution in [1.29, 1.82) is 0 Å². The number of alkyl carbamates (subject to hydrolysis) is 1. The molecule has 1 fully saturated rings. The van der Waals surface area contributed by atoms with Crippen molar-refractivity contribution in [1.82, 2.24) is 5.32 Å². The lowest BCUT2D eigenvalue weighted by Crippen LogP contribution is -2.23. The molecule has 1 aliphatic heterocycles. The van der Waals surface area contributed by atoms with Gasteiger partial charge in [-0.1, -0.05) is 0 Å². The van der Waals surface area contributed by atoms with Crippen molar-refractivity contribution in [2.24, 2.45) is 10.3 Å². The minimum Gasteiger partial charge on any atom is -0.442 e. The smallest absolute Gasteiger partial charge is 0.407 e. The van der Waals surface area contributed by atoms with Gasteiger partial charge in [-0.25, -0.2) is 18.4 Å². The fourth-order valence-electron chi connectivity index (χ4n) is 1.68. The molecule has 0 saturated carbocycles. The number of nitrogens with zero attached hydrogens (tertiary/aromatic N) is 1. The van der Waals surface area contributed by atoms with Crippen LogP contribution in [0.4, 0.5) is 16.2 Å². The number of ether oxygens (including phenoxy) is 1. The van der Waals surface area contributed by atoms with E-state index in [1.807, 2.05) is 0 Å². The maximum atomic E-state index is 11.2. The average molecular weight is 300 g/mol. The molecule has 1 aromatic carbocycles. The van der Waals surface area contributed by atoms with Crippen molar-refractivity contribution in [3.05, 3.63) is 23.1 Å². The number of carbonyl (C=O) groups excluding carboxylic acids is 1. The summed E-state index contributed by atoms with van der Waals surface area (Å²) in [6.07, 6.45) is -0.880. The lowest BCUT2D eigenvalue weighted by molar-refractivity contribution is 0.145. The summed E-state index contributed by atoms with van der Waals surface area (Å²) in [5, 5.41) is 13.1. The first-order chi connectivity index (χ1) is 9.40. The third-order valence-electron chi connectivity index (χ3n) is 2.66. The molecule has 1 amide bonds. The number of sulfonamides is 1. The van der Waals surface area contributed by atoms with E-state index in [4.69, 9.17) is 9.88 Å². The summed E-state index contributed by atoms with van der Waals surface area (Å²) < 4.78 is 27.2. The van der Waals surface area contributed by atoms with Crippen LogP contribution < -0.4 is 15.8 Å². The number of primary sulfonamides is 1. The van der Waals surface area contributed by atoms with Gasteiger partial charge >= 0.3 is 6.09 Å². The standard InChI is InChI=1S/C10H12N4O5S/c11-20(17,18)7-1-2-8(9(3-7)14-16)12-4-6-5-13-10(15)19-6/h1-3,6,12H,4-5H2,(H,13,15)(H2,11,17,18). The van der Waals surface area contributed by atoms with Gasteiger partial charge in [-0.3, -0.25) is 0 Å². The van der Waals surface area contributed by atoms with Gasteiger partial charge in [0.25, 0.3) is 0 Å². The van der Waals surface area contributed by atoms with Crippen LogP contribution in [0.5, 0.6) is 0 Å². The van der Waals surface area contributed by atoms with Crippen molar-refractivity contribution in [3.8, 4) is 0 Å². The molecule has 1 heterocycles. The minimum absolute atomic E-state index is 0.0891. The summed E-state index contributed by atoms with van der Waals surface area (Å²) in [5.41, 5.74) is 0.240. The highest BCUT2D eigenvalue weighted by Crippen LogP contribution is 2.27. The third-order valence-corrected chi connectivity index (χ3v) is 3.58. The number of benzene rings is 1. The quantitative estimate of drug-likeness (QED) is 0.666. The number of amides is 1. The van der Waals surface area contributed by atoms with Crippen LogP contribution >= 0.6 is 0 Å². The predicted octanol–water partition coefficient (Wildman–Crippen LogP) is 0.252. The summed E-state index contributed by atoms with van der Waals surface area (Å²) in [7, 11) is -3.90. The summed E-state index contributed by atoms with van der Waals surface area (Å²) in [5.74, 6) is 0. The van der Waals surface area contributed by atoms with Crippen LogP contribution in [0.3, 0.4) is 0 Å². The van der Waals surface area contributed by atoms with Crippen LogP contribution in [0, 0.1) is 4.91 Å². The van der Waals surface area contributed by atoms with Gasteiger partial charge in [0.2, 0.25) is 10.0 Å². The lowest BCUT2D eigenvalue weighted by Gasteiger charge is -2.12. The molecule has 20 heavy (non-hydrogen) atoms. The molecule has 0 aliphatic carbocycles. The van der Waals surface area contributed by atoms with E-state index < -0.39 is 16.1 Å². The Hall–Kier alpha value is -2.20. The van der Waals surface area contributed by atoms with E-state index in [-0.39, 0.29) is 23.2 Å². The molecule has 108 valence electrons. The van der Waals surface area contributed by atoms with E-state index in [0.717, 1.165) is 6.07 Å². The van der Waals surface area contributed by atoms with E-state index in [1.54, 1.807) is 0 Å². The SMILES string of the molecule is NS(=O)(=O)c1ccc(NCC2CNC(=O)O2)c(N=O)c1. The highest BCUT2D eigenvalue weighted by Gasteiger charge is 2.22. The number of hydrogen-bond acceptors (Lipinski definition) is 7. The van der Waals surface area contributed by atoms with E-state index in [0.29, 0.717) is 12.2 Å². The van der Waals surface area contributed by atoms with Crippen LogP contribution in [0.25, 0.3) is 0 Å². The maximum Gasteiger partial charge on any atom is 0.407 e. The largest absolute Gasteiger partial charge is 0.442 e. The molecule has 0 aromatic heterocycles. The molecule has 2 rings (SSSR count). The summed E-state index contributed by atoms with van der Waals surface area (Å²) >= 11 is 0. The van der Waals surface area contributed by atoms with Crippen molar-refractivity contribution in [2.75, 3.05) is 18.4 Å². The Balaban J connectivity index is 2.12. The zero-order valence-electron chi connectivity index (χ0n) is 10.2. The van der Waals surface area contributed by atoms with E-state index >= 15 is 0 Å². The number of nitroso groups, excluding NO2 is 1. The molecule has 1 saturated heterocycles. The molecule has 0 spiro atoms. The summed E-state index contributed by atoms with van der Waals surface area (Å²) in [6.45, 7) is 0.612. The van der Waals surface area contributed by atoms with Gasteiger partial charge in [0.1, 0.15) is 11.8 Å². The molecule has 10 heteroatoms. The van der Waals surface area contributed by atoms with Gasteiger partial charge in [0.05, 0.1) is 23.7 Å². The minimum atomic E-state index is -3.90. The predicted molar refractivity (Wildman–Crippen MR) is 70.0 cm³/mol.